The zero-order valence-electron chi connectivity index (χ0n) is 8.17. The maximum absolute atomic E-state index is 10.8. The molecule has 0 aliphatic heterocycles. The van der Waals surface area contributed by atoms with Crippen molar-refractivity contribution in [2.75, 3.05) is 6.61 Å². The molecule has 0 spiro atoms. The first kappa shape index (κ1) is 11.2. The van der Waals surface area contributed by atoms with Crippen LogP contribution in [0, 0.1) is 5.92 Å². The predicted octanol–water partition coefficient (Wildman–Crippen LogP) is 2.54. The molecular formula is C10H18O2. The Balaban J connectivity index is 3.46. The van der Waals surface area contributed by atoms with Gasteiger partial charge in [0, 0.05) is 6.08 Å². The molecule has 1 atom stereocenters. The molecule has 1 unspecified atom stereocenters. The lowest BCUT2D eigenvalue weighted by atomic mass is 10.1. The van der Waals surface area contributed by atoms with Gasteiger partial charge in [0.2, 0.25) is 0 Å². The Morgan fingerprint density at radius 2 is 2.25 bits per heavy atom. The second-order valence-electron chi connectivity index (χ2n) is 3.02. The third kappa shape index (κ3) is 5.96. The van der Waals surface area contributed by atoms with Crippen molar-refractivity contribution < 1.29 is 9.53 Å². The first-order valence-corrected chi connectivity index (χ1v) is 4.50. The van der Waals surface area contributed by atoms with Crippen LogP contribution in [0.3, 0.4) is 0 Å². The average Bonchev–Trinajstić information content (AvgIpc) is 2.02. The number of allylic oxidation sites excluding steroid dienone is 1. The fourth-order valence-electron chi connectivity index (χ4n) is 0.985. The van der Waals surface area contributed by atoms with Crippen LogP contribution in [0.15, 0.2) is 12.2 Å². The minimum atomic E-state index is -0.236. The second-order valence-corrected chi connectivity index (χ2v) is 3.02. The lowest BCUT2D eigenvalue weighted by molar-refractivity contribution is -0.139. The fourth-order valence-corrected chi connectivity index (χ4v) is 0.985. The van der Waals surface area contributed by atoms with Crippen LogP contribution in [-0.4, -0.2) is 12.6 Å². The molecule has 0 saturated carbocycles. The van der Waals surface area contributed by atoms with E-state index in [9.17, 15) is 4.79 Å². The van der Waals surface area contributed by atoms with Crippen molar-refractivity contribution in [1.29, 1.82) is 0 Å². The van der Waals surface area contributed by atoms with Crippen molar-refractivity contribution in [3.63, 3.8) is 0 Å². The lowest BCUT2D eigenvalue weighted by Crippen LogP contribution is -2.09. The molecule has 2 nitrogen and oxygen atoms in total. The minimum Gasteiger partial charge on any atom is -0.462 e. The van der Waals surface area contributed by atoms with Gasteiger partial charge >= 0.3 is 5.97 Å². The molecular weight excluding hydrogens is 152 g/mol. The molecule has 0 heterocycles. The Morgan fingerprint density at radius 3 is 2.75 bits per heavy atom. The molecule has 0 bridgehead atoms. The van der Waals surface area contributed by atoms with Crippen LogP contribution in [0.2, 0.25) is 0 Å². The predicted molar refractivity (Wildman–Crippen MR) is 49.8 cm³/mol. The minimum absolute atomic E-state index is 0.236. The highest BCUT2D eigenvalue weighted by Gasteiger charge is 2.02. The summed E-state index contributed by atoms with van der Waals surface area (Å²) < 4.78 is 4.97. The van der Waals surface area contributed by atoms with Gasteiger partial charge in [-0.2, -0.15) is 0 Å². The molecule has 0 amide bonds. The van der Waals surface area contributed by atoms with Crippen LogP contribution in [0.1, 0.15) is 33.6 Å². The third-order valence-corrected chi connectivity index (χ3v) is 1.59. The van der Waals surface area contributed by atoms with Crippen molar-refractivity contribution in [2.24, 2.45) is 5.92 Å². The maximum atomic E-state index is 10.8. The van der Waals surface area contributed by atoms with Crippen LogP contribution in [0.5, 0.6) is 0 Å². The van der Waals surface area contributed by atoms with Crippen molar-refractivity contribution >= 4 is 5.97 Å². The molecule has 0 aromatic heterocycles. The lowest BCUT2D eigenvalue weighted by Gasteiger charge is -2.08. The van der Waals surface area contributed by atoms with Gasteiger partial charge in [0.15, 0.2) is 0 Å². The number of esters is 1. The van der Waals surface area contributed by atoms with Gasteiger partial charge in [-0.1, -0.05) is 26.3 Å². The summed E-state index contributed by atoms with van der Waals surface area (Å²) in [5.74, 6) is 0.240. The van der Waals surface area contributed by atoms with E-state index in [0.717, 1.165) is 12.8 Å². The number of ether oxygens (including phenoxy) is 1. The largest absolute Gasteiger partial charge is 0.462 e. The van der Waals surface area contributed by atoms with Gasteiger partial charge in [0.05, 0.1) is 6.61 Å². The first-order chi connectivity index (χ1) is 5.70. The van der Waals surface area contributed by atoms with Crippen molar-refractivity contribution in [3.8, 4) is 0 Å². The fraction of sp³-hybridized carbons (Fsp3) is 0.700. The Bertz CT molecular complexity index is 150. The topological polar surface area (TPSA) is 26.3 Å². The normalized spacial score (nSPS) is 13.2. The van der Waals surface area contributed by atoms with Gasteiger partial charge in [-0.15, -0.1) is 0 Å². The summed E-state index contributed by atoms with van der Waals surface area (Å²) in [6.07, 6.45) is 5.39. The zero-order chi connectivity index (χ0) is 9.40. The number of rotatable bonds is 5. The summed E-state index contributed by atoms with van der Waals surface area (Å²) in [5, 5.41) is 0. The summed E-state index contributed by atoms with van der Waals surface area (Å²) >= 11 is 0. The Kier molecular flexibility index (Phi) is 6.44. The van der Waals surface area contributed by atoms with Crippen LogP contribution < -0.4 is 0 Å². The molecule has 0 aromatic rings. The van der Waals surface area contributed by atoms with Crippen molar-refractivity contribution in [2.45, 2.75) is 33.6 Å². The van der Waals surface area contributed by atoms with Crippen molar-refractivity contribution in [1.82, 2.24) is 0 Å². The van der Waals surface area contributed by atoms with Gasteiger partial charge < -0.3 is 4.74 Å². The SMILES string of the molecule is C/C=C\C(=O)OCC(C)CCC. The average molecular weight is 170 g/mol. The summed E-state index contributed by atoms with van der Waals surface area (Å²) in [5.41, 5.74) is 0. The molecule has 0 aromatic carbocycles. The Labute approximate surface area is 74.6 Å². The van der Waals surface area contributed by atoms with Gasteiger partial charge in [0.1, 0.15) is 0 Å². The Morgan fingerprint density at radius 1 is 1.58 bits per heavy atom. The van der Waals surface area contributed by atoms with E-state index in [1.165, 1.54) is 6.08 Å². The first-order valence-electron chi connectivity index (χ1n) is 4.50. The van der Waals surface area contributed by atoms with Crippen LogP contribution in [0.25, 0.3) is 0 Å². The van der Waals surface area contributed by atoms with Crippen LogP contribution >= 0.6 is 0 Å². The number of hydrogen-bond donors (Lipinski definition) is 0. The number of carbonyl (C=O) groups is 1. The smallest absolute Gasteiger partial charge is 0.330 e. The third-order valence-electron chi connectivity index (χ3n) is 1.59. The number of hydrogen-bond acceptors (Lipinski definition) is 2. The van der Waals surface area contributed by atoms with E-state index in [-0.39, 0.29) is 5.97 Å². The maximum Gasteiger partial charge on any atom is 0.330 e. The standard InChI is InChI=1S/C10H18O2/c1-4-6-9(3)8-12-10(11)7-5-2/h5,7,9H,4,6,8H2,1-3H3/b7-5-. The highest BCUT2D eigenvalue weighted by atomic mass is 16.5. The molecule has 0 saturated heterocycles. The van der Waals surface area contributed by atoms with Crippen molar-refractivity contribution in [3.05, 3.63) is 12.2 Å². The molecule has 0 radical (unpaired) electrons. The highest BCUT2D eigenvalue weighted by Crippen LogP contribution is 2.04. The van der Waals surface area contributed by atoms with E-state index in [0.29, 0.717) is 12.5 Å². The molecule has 0 fully saturated rings. The van der Waals surface area contributed by atoms with E-state index in [1.54, 1.807) is 13.0 Å². The zero-order valence-corrected chi connectivity index (χ0v) is 8.17. The van der Waals surface area contributed by atoms with Gasteiger partial charge in [0.25, 0.3) is 0 Å². The molecule has 0 N–H and O–H groups in total. The quantitative estimate of drug-likeness (QED) is 0.468. The Hall–Kier alpha value is -0.790. The summed E-state index contributed by atoms with van der Waals surface area (Å²) in [6.45, 7) is 6.56. The monoisotopic (exact) mass is 170 g/mol. The van der Waals surface area contributed by atoms with E-state index >= 15 is 0 Å². The van der Waals surface area contributed by atoms with E-state index in [4.69, 9.17) is 4.74 Å². The van der Waals surface area contributed by atoms with E-state index in [2.05, 4.69) is 13.8 Å². The molecule has 2 heteroatoms. The highest BCUT2D eigenvalue weighted by molar-refractivity contribution is 5.81. The van der Waals surface area contributed by atoms with E-state index < -0.39 is 0 Å². The van der Waals surface area contributed by atoms with Gasteiger partial charge in [-0.3, -0.25) is 0 Å². The molecule has 70 valence electrons. The second kappa shape index (κ2) is 6.89. The molecule has 0 rings (SSSR count). The van der Waals surface area contributed by atoms with Gasteiger partial charge in [-0.05, 0) is 19.3 Å². The summed E-state index contributed by atoms with van der Waals surface area (Å²) in [7, 11) is 0. The number of carbonyl (C=O) groups excluding carboxylic acids is 1. The molecule has 0 aliphatic rings. The molecule has 0 aliphatic carbocycles. The summed E-state index contributed by atoms with van der Waals surface area (Å²) in [6, 6.07) is 0. The summed E-state index contributed by atoms with van der Waals surface area (Å²) in [4.78, 5) is 10.8. The van der Waals surface area contributed by atoms with Gasteiger partial charge in [-0.25, -0.2) is 4.79 Å². The van der Waals surface area contributed by atoms with Crippen LogP contribution in [-0.2, 0) is 9.53 Å². The van der Waals surface area contributed by atoms with Crippen LogP contribution in [0.4, 0.5) is 0 Å². The molecule has 12 heavy (non-hydrogen) atoms. The van der Waals surface area contributed by atoms with E-state index in [1.807, 2.05) is 0 Å².